The number of aromatic nitrogens is 1. The van der Waals surface area contributed by atoms with E-state index < -0.39 is 0 Å². The minimum Gasteiger partial charge on any atom is -0.375 e. The van der Waals surface area contributed by atoms with Crippen molar-refractivity contribution in [2.75, 3.05) is 24.1 Å². The third-order valence-electron chi connectivity index (χ3n) is 4.99. The molecule has 7 heteroatoms. The van der Waals surface area contributed by atoms with Crippen LogP contribution in [0.15, 0.2) is 24.3 Å². The third kappa shape index (κ3) is 5.07. The number of likely N-dealkylation sites (tertiary alicyclic amines) is 1. The number of nitrogen functional groups attached to an aromatic ring is 1. The van der Waals surface area contributed by atoms with Gasteiger partial charge in [-0.25, -0.2) is 4.98 Å². The summed E-state index contributed by atoms with van der Waals surface area (Å²) in [4.78, 5) is 31.4. The largest absolute Gasteiger partial charge is 0.375 e. The first-order valence-corrected chi connectivity index (χ1v) is 10.1. The molecule has 0 radical (unpaired) electrons. The zero-order chi connectivity index (χ0) is 19.4. The molecule has 1 aromatic carbocycles. The molecule has 0 atom stereocenters. The number of carbonyl (C=O) groups is 2. The fourth-order valence-corrected chi connectivity index (χ4v) is 4.27. The molecule has 144 valence electrons. The third-order valence-corrected chi connectivity index (χ3v) is 5.97. The van der Waals surface area contributed by atoms with E-state index in [4.69, 9.17) is 5.73 Å². The highest BCUT2D eigenvalue weighted by Gasteiger charge is 2.26. The molecule has 27 heavy (non-hydrogen) atoms. The predicted octanol–water partition coefficient (Wildman–Crippen LogP) is 3.61. The Hall–Kier alpha value is -2.41. The number of rotatable bonds is 5. The second-order valence-electron chi connectivity index (χ2n) is 7.16. The number of carbonyl (C=O) groups excluding carboxylic acids is 2. The maximum absolute atomic E-state index is 12.6. The fourth-order valence-electron chi connectivity index (χ4n) is 3.47. The first-order chi connectivity index (χ1) is 12.9. The molecule has 3 N–H and O–H groups in total. The maximum Gasteiger partial charge on any atom is 0.265 e. The average Bonchev–Trinajstić information content (AvgIpc) is 2.98. The van der Waals surface area contributed by atoms with Crippen molar-refractivity contribution in [1.82, 2.24) is 9.88 Å². The molecule has 1 saturated heterocycles. The molecule has 2 amide bonds. The zero-order valence-electron chi connectivity index (χ0n) is 15.8. The summed E-state index contributed by atoms with van der Waals surface area (Å²) in [5.41, 5.74) is 8.38. The number of thiazole rings is 1. The van der Waals surface area contributed by atoms with Crippen molar-refractivity contribution in [3.63, 3.8) is 0 Å². The SMILES string of the molecule is Cc1cccc(NC(=O)CCC2CCN(C(=O)c3sc(N)nc3C)CC2)c1. The van der Waals surface area contributed by atoms with Gasteiger partial charge in [0.15, 0.2) is 5.13 Å². The second-order valence-corrected chi connectivity index (χ2v) is 8.19. The van der Waals surface area contributed by atoms with Gasteiger partial charge in [-0.15, -0.1) is 0 Å². The van der Waals surface area contributed by atoms with Crippen LogP contribution in [0.4, 0.5) is 10.8 Å². The summed E-state index contributed by atoms with van der Waals surface area (Å²) in [6.07, 6.45) is 3.22. The molecule has 1 fully saturated rings. The van der Waals surface area contributed by atoms with Gasteiger partial charge in [-0.3, -0.25) is 9.59 Å². The lowest BCUT2D eigenvalue weighted by Crippen LogP contribution is -2.38. The van der Waals surface area contributed by atoms with Crippen LogP contribution in [0.3, 0.4) is 0 Å². The van der Waals surface area contributed by atoms with Crippen LogP contribution < -0.4 is 11.1 Å². The van der Waals surface area contributed by atoms with Crippen molar-refractivity contribution in [1.29, 1.82) is 0 Å². The van der Waals surface area contributed by atoms with Gasteiger partial charge in [-0.2, -0.15) is 0 Å². The van der Waals surface area contributed by atoms with Crippen LogP contribution in [0.25, 0.3) is 0 Å². The van der Waals surface area contributed by atoms with Gasteiger partial charge in [0.05, 0.1) is 5.69 Å². The average molecular weight is 387 g/mol. The van der Waals surface area contributed by atoms with Gasteiger partial charge in [-0.1, -0.05) is 23.5 Å². The van der Waals surface area contributed by atoms with Crippen molar-refractivity contribution in [2.24, 2.45) is 5.92 Å². The lowest BCUT2D eigenvalue weighted by Gasteiger charge is -2.31. The maximum atomic E-state index is 12.6. The predicted molar refractivity (Wildman–Crippen MR) is 109 cm³/mol. The number of piperidine rings is 1. The van der Waals surface area contributed by atoms with Crippen LogP contribution in [-0.2, 0) is 4.79 Å². The van der Waals surface area contributed by atoms with Crippen LogP contribution in [0, 0.1) is 19.8 Å². The molecule has 0 spiro atoms. The number of hydrogen-bond acceptors (Lipinski definition) is 5. The van der Waals surface area contributed by atoms with Gasteiger partial charge >= 0.3 is 0 Å². The molecule has 2 aromatic rings. The number of hydrogen-bond donors (Lipinski definition) is 2. The normalized spacial score (nSPS) is 15.0. The highest BCUT2D eigenvalue weighted by molar-refractivity contribution is 7.17. The van der Waals surface area contributed by atoms with Crippen LogP contribution in [0.1, 0.15) is 46.6 Å². The Balaban J connectivity index is 1.43. The molecule has 2 heterocycles. The van der Waals surface area contributed by atoms with Gasteiger partial charge in [0.25, 0.3) is 5.91 Å². The van der Waals surface area contributed by atoms with Gasteiger partial charge in [-0.05, 0) is 56.7 Å². The first kappa shape index (κ1) is 19.4. The van der Waals surface area contributed by atoms with E-state index in [0.717, 1.165) is 43.6 Å². The van der Waals surface area contributed by atoms with Crippen LogP contribution >= 0.6 is 11.3 Å². The van der Waals surface area contributed by atoms with E-state index in [1.54, 1.807) is 0 Å². The molecule has 0 aliphatic carbocycles. The van der Waals surface area contributed by atoms with Gasteiger partial charge < -0.3 is 16.0 Å². The quantitative estimate of drug-likeness (QED) is 0.821. The summed E-state index contributed by atoms with van der Waals surface area (Å²) >= 11 is 1.26. The number of benzene rings is 1. The summed E-state index contributed by atoms with van der Waals surface area (Å²) < 4.78 is 0. The fraction of sp³-hybridized carbons (Fsp3) is 0.450. The Morgan fingerprint density at radius 3 is 2.67 bits per heavy atom. The summed E-state index contributed by atoms with van der Waals surface area (Å²) in [6, 6.07) is 7.82. The van der Waals surface area contributed by atoms with Crippen molar-refractivity contribution in [3.05, 3.63) is 40.4 Å². The molecule has 1 aliphatic rings. The smallest absolute Gasteiger partial charge is 0.265 e. The van der Waals surface area contributed by atoms with E-state index in [1.165, 1.54) is 11.3 Å². The molecule has 0 saturated carbocycles. The highest BCUT2D eigenvalue weighted by Crippen LogP contribution is 2.26. The summed E-state index contributed by atoms with van der Waals surface area (Å²) in [5.74, 6) is 0.553. The van der Waals surface area contributed by atoms with Crippen LogP contribution in [0.5, 0.6) is 0 Å². The Morgan fingerprint density at radius 2 is 2.04 bits per heavy atom. The minimum absolute atomic E-state index is 0.0253. The summed E-state index contributed by atoms with van der Waals surface area (Å²) in [6.45, 7) is 5.27. The van der Waals surface area contributed by atoms with E-state index in [2.05, 4.69) is 10.3 Å². The van der Waals surface area contributed by atoms with E-state index in [9.17, 15) is 9.59 Å². The second kappa shape index (κ2) is 8.52. The zero-order valence-corrected chi connectivity index (χ0v) is 16.6. The van der Waals surface area contributed by atoms with Crippen molar-refractivity contribution in [3.8, 4) is 0 Å². The Labute approximate surface area is 163 Å². The molecular weight excluding hydrogens is 360 g/mol. The number of nitrogens with one attached hydrogen (secondary N) is 1. The topological polar surface area (TPSA) is 88.3 Å². The van der Waals surface area contributed by atoms with Crippen molar-refractivity contribution < 1.29 is 9.59 Å². The van der Waals surface area contributed by atoms with Crippen LogP contribution in [-0.4, -0.2) is 34.8 Å². The monoisotopic (exact) mass is 386 g/mol. The number of nitrogens with two attached hydrogens (primary N) is 1. The molecule has 0 unspecified atom stereocenters. The molecule has 3 rings (SSSR count). The number of nitrogens with zero attached hydrogens (tertiary/aromatic N) is 2. The molecule has 6 nitrogen and oxygen atoms in total. The molecule has 0 bridgehead atoms. The number of aryl methyl sites for hydroxylation is 2. The van der Waals surface area contributed by atoms with E-state index in [0.29, 0.717) is 28.0 Å². The molecular formula is C20H26N4O2S. The molecule has 1 aromatic heterocycles. The number of anilines is 2. The lowest BCUT2D eigenvalue weighted by atomic mass is 9.92. The van der Waals surface area contributed by atoms with E-state index >= 15 is 0 Å². The standard InChI is InChI=1S/C20H26N4O2S/c1-13-4-3-5-16(12-13)23-17(25)7-6-15-8-10-24(11-9-15)19(26)18-14(2)22-20(21)27-18/h3-5,12,15H,6-11H2,1-2H3,(H2,21,22)(H,23,25). The summed E-state index contributed by atoms with van der Waals surface area (Å²) in [7, 11) is 0. The minimum atomic E-state index is 0.0253. The lowest BCUT2D eigenvalue weighted by molar-refractivity contribution is -0.116. The van der Waals surface area contributed by atoms with Gasteiger partial charge in [0, 0.05) is 25.2 Å². The Kier molecular flexibility index (Phi) is 6.11. The van der Waals surface area contributed by atoms with Gasteiger partial charge in [0.2, 0.25) is 5.91 Å². The van der Waals surface area contributed by atoms with Crippen molar-refractivity contribution in [2.45, 2.75) is 39.5 Å². The number of amides is 2. The first-order valence-electron chi connectivity index (χ1n) is 9.31. The Bertz CT molecular complexity index is 825. The van der Waals surface area contributed by atoms with Gasteiger partial charge in [0.1, 0.15) is 4.88 Å². The summed E-state index contributed by atoms with van der Waals surface area (Å²) in [5, 5.41) is 3.39. The van der Waals surface area contributed by atoms with Crippen molar-refractivity contribution >= 4 is 34.0 Å². The highest BCUT2D eigenvalue weighted by atomic mass is 32.1. The van der Waals surface area contributed by atoms with Crippen LogP contribution in [0.2, 0.25) is 0 Å². The molecule has 1 aliphatic heterocycles. The van der Waals surface area contributed by atoms with E-state index in [-0.39, 0.29) is 11.8 Å². The Morgan fingerprint density at radius 1 is 1.30 bits per heavy atom. The van der Waals surface area contributed by atoms with E-state index in [1.807, 2.05) is 43.0 Å².